The molecule has 26 heavy (non-hydrogen) atoms. The van der Waals surface area contributed by atoms with Crippen molar-refractivity contribution < 1.29 is 9.59 Å². The van der Waals surface area contributed by atoms with Crippen LogP contribution in [0.25, 0.3) is 0 Å². The Morgan fingerprint density at radius 1 is 1.15 bits per heavy atom. The van der Waals surface area contributed by atoms with Crippen LogP contribution in [0.1, 0.15) is 42.8 Å². The van der Waals surface area contributed by atoms with Crippen molar-refractivity contribution in [2.45, 2.75) is 39.3 Å². The molecule has 0 aliphatic carbocycles. The molecule has 7 heteroatoms. The topological polar surface area (TPSA) is 80.1 Å². The Morgan fingerprint density at radius 2 is 1.85 bits per heavy atom. The molecule has 1 N–H and O–H groups in total. The lowest BCUT2D eigenvalue weighted by molar-refractivity contribution is -0.111. The van der Waals surface area contributed by atoms with Gasteiger partial charge in [0, 0.05) is 29.8 Å². The molecule has 2 heterocycles. The Kier molecular flexibility index (Phi) is 4.63. The van der Waals surface area contributed by atoms with Gasteiger partial charge in [-0.15, -0.1) is 10.2 Å². The molecular weight excluding hydrogens is 330 g/mol. The average Bonchev–Trinajstić information content (AvgIpc) is 3.05. The third-order valence-electron chi connectivity index (χ3n) is 4.30. The van der Waals surface area contributed by atoms with Crippen LogP contribution in [0.3, 0.4) is 0 Å². The number of carbonyl (C=O) groups excluding carboxylic acids is 2. The minimum Gasteiger partial charge on any atom is -0.329 e. The fourth-order valence-electron chi connectivity index (χ4n) is 2.96. The summed E-state index contributed by atoms with van der Waals surface area (Å²) in [5, 5.41) is 11.2. The highest BCUT2D eigenvalue weighted by atomic mass is 16.2. The van der Waals surface area contributed by atoms with Gasteiger partial charge in [-0.2, -0.15) is 0 Å². The summed E-state index contributed by atoms with van der Waals surface area (Å²) >= 11 is 0. The Balaban J connectivity index is 1.73. The Bertz CT molecular complexity index is 846. The van der Waals surface area contributed by atoms with Crippen molar-refractivity contribution in [1.29, 1.82) is 0 Å². The van der Waals surface area contributed by atoms with Crippen molar-refractivity contribution in [3.63, 3.8) is 0 Å². The molecule has 0 saturated heterocycles. The quantitative estimate of drug-likeness (QED) is 0.859. The van der Waals surface area contributed by atoms with Crippen LogP contribution in [0.5, 0.6) is 0 Å². The standard InChI is InChI=1S/C19H23N5O2/c1-5-16(25)20-14-8-6-13(7-9-14)17(26)23-10-11-24-15(12-23)21-22-18(24)19(2,3)4/h5-9H,1,10-12H2,2-4H3,(H,20,25). The fourth-order valence-corrected chi connectivity index (χ4v) is 2.96. The zero-order chi connectivity index (χ0) is 18.9. The summed E-state index contributed by atoms with van der Waals surface area (Å²) in [7, 11) is 0. The highest BCUT2D eigenvalue weighted by Crippen LogP contribution is 2.24. The van der Waals surface area contributed by atoms with Crippen LogP contribution in [-0.4, -0.2) is 38.0 Å². The summed E-state index contributed by atoms with van der Waals surface area (Å²) in [6, 6.07) is 6.83. The van der Waals surface area contributed by atoms with Crippen LogP contribution < -0.4 is 5.32 Å². The van der Waals surface area contributed by atoms with E-state index in [0.29, 0.717) is 30.9 Å². The van der Waals surface area contributed by atoms with Gasteiger partial charge < -0.3 is 14.8 Å². The van der Waals surface area contributed by atoms with Gasteiger partial charge in [0.25, 0.3) is 5.91 Å². The SMILES string of the molecule is C=CC(=O)Nc1ccc(C(=O)N2CCn3c(nnc3C(C)(C)C)C2)cc1. The maximum atomic E-state index is 12.8. The maximum absolute atomic E-state index is 12.8. The first-order valence-electron chi connectivity index (χ1n) is 8.55. The lowest BCUT2D eigenvalue weighted by Gasteiger charge is -2.29. The summed E-state index contributed by atoms with van der Waals surface area (Å²) in [5.74, 6) is 1.42. The van der Waals surface area contributed by atoms with E-state index in [1.54, 1.807) is 29.2 Å². The first-order chi connectivity index (χ1) is 12.3. The number of fused-ring (bicyclic) bond motifs is 1. The van der Waals surface area contributed by atoms with Gasteiger partial charge in [-0.3, -0.25) is 9.59 Å². The molecule has 1 aliphatic heterocycles. The van der Waals surface area contributed by atoms with Gasteiger partial charge in [0.15, 0.2) is 5.82 Å². The molecule has 1 aromatic heterocycles. The zero-order valence-electron chi connectivity index (χ0n) is 15.3. The maximum Gasteiger partial charge on any atom is 0.254 e. The minimum absolute atomic E-state index is 0.0573. The second kappa shape index (κ2) is 6.74. The van der Waals surface area contributed by atoms with E-state index in [4.69, 9.17) is 0 Å². The monoisotopic (exact) mass is 353 g/mol. The summed E-state index contributed by atoms with van der Waals surface area (Å²) in [6.45, 7) is 11.5. The van der Waals surface area contributed by atoms with Gasteiger partial charge in [-0.1, -0.05) is 27.4 Å². The third-order valence-corrected chi connectivity index (χ3v) is 4.30. The minimum atomic E-state index is -0.283. The summed E-state index contributed by atoms with van der Waals surface area (Å²) in [4.78, 5) is 25.9. The van der Waals surface area contributed by atoms with E-state index in [9.17, 15) is 9.59 Å². The number of hydrogen-bond donors (Lipinski definition) is 1. The van der Waals surface area contributed by atoms with Crippen LogP contribution in [-0.2, 0) is 23.3 Å². The lowest BCUT2D eigenvalue weighted by Crippen LogP contribution is -2.39. The van der Waals surface area contributed by atoms with Crippen molar-refractivity contribution in [2.24, 2.45) is 0 Å². The highest BCUT2D eigenvalue weighted by Gasteiger charge is 2.29. The molecule has 0 atom stereocenters. The Morgan fingerprint density at radius 3 is 2.46 bits per heavy atom. The fraction of sp³-hybridized carbons (Fsp3) is 0.368. The van der Waals surface area contributed by atoms with Gasteiger partial charge in [0.1, 0.15) is 5.82 Å². The number of rotatable bonds is 3. The summed E-state index contributed by atoms with van der Waals surface area (Å²) in [5.41, 5.74) is 1.12. The smallest absolute Gasteiger partial charge is 0.254 e. The molecule has 1 aromatic carbocycles. The molecule has 0 saturated carbocycles. The second-order valence-electron chi connectivity index (χ2n) is 7.34. The largest absolute Gasteiger partial charge is 0.329 e. The van der Waals surface area contributed by atoms with Crippen molar-refractivity contribution in [3.8, 4) is 0 Å². The van der Waals surface area contributed by atoms with E-state index in [1.807, 2.05) is 0 Å². The van der Waals surface area contributed by atoms with Crippen LogP contribution in [0.15, 0.2) is 36.9 Å². The molecule has 136 valence electrons. The van der Waals surface area contributed by atoms with Crippen LogP contribution >= 0.6 is 0 Å². The predicted molar refractivity (Wildman–Crippen MR) is 98.7 cm³/mol. The molecular formula is C19H23N5O2. The number of anilines is 1. The molecule has 0 bridgehead atoms. The van der Waals surface area contributed by atoms with Crippen molar-refractivity contribution in [2.75, 3.05) is 11.9 Å². The number of hydrogen-bond acceptors (Lipinski definition) is 4. The van der Waals surface area contributed by atoms with Crippen molar-refractivity contribution in [1.82, 2.24) is 19.7 Å². The highest BCUT2D eigenvalue weighted by molar-refractivity contribution is 5.99. The van der Waals surface area contributed by atoms with E-state index < -0.39 is 0 Å². The molecule has 3 rings (SSSR count). The molecule has 0 spiro atoms. The second-order valence-corrected chi connectivity index (χ2v) is 7.34. The van der Waals surface area contributed by atoms with E-state index in [1.165, 1.54) is 6.08 Å². The van der Waals surface area contributed by atoms with E-state index in [-0.39, 0.29) is 17.2 Å². The number of aromatic nitrogens is 3. The Hall–Kier alpha value is -2.96. The molecule has 7 nitrogen and oxygen atoms in total. The van der Waals surface area contributed by atoms with E-state index >= 15 is 0 Å². The van der Waals surface area contributed by atoms with Crippen LogP contribution in [0.2, 0.25) is 0 Å². The first kappa shape index (κ1) is 17.8. The van der Waals surface area contributed by atoms with Crippen molar-refractivity contribution in [3.05, 3.63) is 54.1 Å². The van der Waals surface area contributed by atoms with E-state index in [2.05, 4.69) is 47.4 Å². The molecule has 1 aliphatic rings. The van der Waals surface area contributed by atoms with Crippen molar-refractivity contribution >= 4 is 17.5 Å². The van der Waals surface area contributed by atoms with Crippen LogP contribution in [0, 0.1) is 0 Å². The predicted octanol–water partition coefficient (Wildman–Crippen LogP) is 2.36. The molecule has 2 aromatic rings. The van der Waals surface area contributed by atoms with E-state index in [0.717, 1.165) is 11.6 Å². The van der Waals surface area contributed by atoms with Gasteiger partial charge in [-0.05, 0) is 30.3 Å². The normalized spacial score (nSPS) is 13.9. The summed E-state index contributed by atoms with van der Waals surface area (Å²) in [6.07, 6.45) is 1.20. The van der Waals surface area contributed by atoms with Gasteiger partial charge in [-0.25, -0.2) is 0 Å². The summed E-state index contributed by atoms with van der Waals surface area (Å²) < 4.78 is 2.11. The Labute approximate surface area is 152 Å². The zero-order valence-corrected chi connectivity index (χ0v) is 15.3. The number of amides is 2. The average molecular weight is 353 g/mol. The number of nitrogens with one attached hydrogen (secondary N) is 1. The molecule has 0 unspecified atom stereocenters. The van der Waals surface area contributed by atoms with Gasteiger partial charge >= 0.3 is 0 Å². The number of benzene rings is 1. The lowest BCUT2D eigenvalue weighted by atomic mass is 9.95. The van der Waals surface area contributed by atoms with Gasteiger partial charge in [0.2, 0.25) is 5.91 Å². The number of nitrogens with zero attached hydrogens (tertiary/aromatic N) is 4. The molecule has 2 amide bonds. The first-order valence-corrected chi connectivity index (χ1v) is 8.55. The van der Waals surface area contributed by atoms with Crippen LogP contribution in [0.4, 0.5) is 5.69 Å². The number of carbonyl (C=O) groups is 2. The van der Waals surface area contributed by atoms with Gasteiger partial charge in [0.05, 0.1) is 6.54 Å². The third kappa shape index (κ3) is 3.51. The molecule has 0 fully saturated rings. The molecule has 0 radical (unpaired) electrons.